The summed E-state index contributed by atoms with van der Waals surface area (Å²) < 4.78 is 10.6. The van der Waals surface area contributed by atoms with Crippen molar-refractivity contribution in [2.24, 2.45) is 0 Å². The first kappa shape index (κ1) is 20.7. The van der Waals surface area contributed by atoms with Crippen LogP contribution in [0.1, 0.15) is 35.0 Å². The topological polar surface area (TPSA) is 85.6 Å². The number of carbonyl (C=O) groups is 3. The van der Waals surface area contributed by atoms with E-state index < -0.39 is 0 Å². The van der Waals surface area contributed by atoms with Gasteiger partial charge < -0.3 is 14.5 Å². The van der Waals surface area contributed by atoms with E-state index in [1.807, 2.05) is 18.4 Å². The molecule has 0 aliphatic rings. The second-order valence-electron chi connectivity index (χ2n) is 6.44. The molecule has 150 valence electrons. The van der Waals surface area contributed by atoms with Gasteiger partial charge in [0.1, 0.15) is 5.58 Å². The van der Waals surface area contributed by atoms with Crippen LogP contribution < -0.4 is 5.32 Å². The summed E-state index contributed by atoms with van der Waals surface area (Å²) in [5, 5.41) is 3.43. The Balaban J connectivity index is 2.05. The van der Waals surface area contributed by atoms with Crippen LogP contribution in [0.3, 0.4) is 0 Å². The molecule has 0 saturated carbocycles. The van der Waals surface area contributed by atoms with Gasteiger partial charge in [-0.3, -0.25) is 14.4 Å². The van der Waals surface area contributed by atoms with Crippen LogP contribution in [0.25, 0.3) is 11.0 Å². The highest BCUT2D eigenvalue weighted by Gasteiger charge is 2.23. The molecule has 7 heteroatoms. The van der Waals surface area contributed by atoms with E-state index in [1.165, 1.54) is 14.0 Å². The van der Waals surface area contributed by atoms with E-state index in [0.29, 0.717) is 28.8 Å². The third kappa shape index (κ3) is 4.68. The number of ketones is 1. The molecule has 0 spiro atoms. The predicted octanol–water partition coefficient (Wildman–Crippen LogP) is 4.45. The fourth-order valence-corrected chi connectivity index (χ4v) is 3.47. The number of rotatable bonds is 7. The average molecular weight is 411 g/mol. The van der Waals surface area contributed by atoms with Gasteiger partial charge in [0, 0.05) is 46.5 Å². The number of hydrogen-bond acceptors (Lipinski definition) is 6. The van der Waals surface area contributed by atoms with Crippen molar-refractivity contribution in [2.75, 3.05) is 18.7 Å². The Morgan fingerprint density at radius 1 is 1.10 bits per heavy atom. The first-order chi connectivity index (χ1) is 13.9. The van der Waals surface area contributed by atoms with Gasteiger partial charge >= 0.3 is 5.97 Å². The molecule has 1 N–H and O–H groups in total. The van der Waals surface area contributed by atoms with Crippen molar-refractivity contribution in [1.29, 1.82) is 0 Å². The SMILES string of the molecule is COC(=O)CCc1c(C(=O)c2ccc(SC)cc2)oc2cc(NC(C)=O)ccc12. The molecule has 2 aromatic carbocycles. The maximum atomic E-state index is 13.1. The van der Waals surface area contributed by atoms with Crippen molar-refractivity contribution in [3.8, 4) is 0 Å². The standard InChI is InChI=1S/C22H21NO5S/c1-13(24)23-15-6-9-17-18(10-11-20(25)27-2)22(28-19(17)12-15)21(26)14-4-7-16(29-3)8-5-14/h4-9,12H,10-11H2,1-3H3,(H,23,24). The lowest BCUT2D eigenvalue weighted by Gasteiger charge is -2.04. The molecule has 1 aromatic heterocycles. The van der Waals surface area contributed by atoms with E-state index >= 15 is 0 Å². The summed E-state index contributed by atoms with van der Waals surface area (Å²) in [6.07, 6.45) is 2.40. The maximum Gasteiger partial charge on any atom is 0.305 e. The summed E-state index contributed by atoms with van der Waals surface area (Å²) in [6, 6.07) is 12.5. The lowest BCUT2D eigenvalue weighted by molar-refractivity contribution is -0.140. The predicted molar refractivity (Wildman–Crippen MR) is 113 cm³/mol. The molecule has 1 amide bonds. The van der Waals surface area contributed by atoms with E-state index in [4.69, 9.17) is 9.15 Å². The van der Waals surface area contributed by atoms with Crippen molar-refractivity contribution in [3.05, 3.63) is 59.4 Å². The van der Waals surface area contributed by atoms with Crippen LogP contribution in [-0.2, 0) is 20.7 Å². The third-order valence-electron chi connectivity index (χ3n) is 4.48. The highest BCUT2D eigenvalue weighted by Crippen LogP contribution is 2.31. The number of fused-ring (bicyclic) bond motifs is 1. The minimum atomic E-state index is -0.364. The zero-order chi connectivity index (χ0) is 21.0. The minimum Gasteiger partial charge on any atom is -0.469 e. The van der Waals surface area contributed by atoms with Crippen molar-refractivity contribution in [2.45, 2.75) is 24.7 Å². The summed E-state index contributed by atoms with van der Waals surface area (Å²) in [6.45, 7) is 1.42. The molecule has 6 nitrogen and oxygen atoms in total. The number of carbonyl (C=O) groups excluding carboxylic acids is 3. The lowest BCUT2D eigenvalue weighted by atomic mass is 10.0. The van der Waals surface area contributed by atoms with Crippen LogP contribution in [-0.4, -0.2) is 31.0 Å². The quantitative estimate of drug-likeness (QED) is 0.351. The lowest BCUT2D eigenvalue weighted by Crippen LogP contribution is -2.06. The van der Waals surface area contributed by atoms with Gasteiger partial charge in [-0.15, -0.1) is 11.8 Å². The number of thioether (sulfide) groups is 1. The second kappa shape index (κ2) is 8.96. The normalized spacial score (nSPS) is 10.7. The summed E-state index contributed by atoms with van der Waals surface area (Å²) in [5.74, 6) is -0.625. The van der Waals surface area contributed by atoms with Crippen LogP contribution >= 0.6 is 11.8 Å². The van der Waals surface area contributed by atoms with Gasteiger partial charge in [0.05, 0.1) is 7.11 Å². The van der Waals surface area contributed by atoms with Gasteiger partial charge in [0.25, 0.3) is 0 Å². The minimum absolute atomic E-state index is 0.129. The molecule has 29 heavy (non-hydrogen) atoms. The number of nitrogens with one attached hydrogen (secondary N) is 1. The highest BCUT2D eigenvalue weighted by atomic mass is 32.2. The fourth-order valence-electron chi connectivity index (χ4n) is 3.07. The molecule has 0 unspecified atom stereocenters. The number of methoxy groups -OCH3 is 1. The molecule has 0 aliphatic heterocycles. The first-order valence-corrected chi connectivity index (χ1v) is 10.2. The van der Waals surface area contributed by atoms with Gasteiger partial charge in [0.2, 0.25) is 11.7 Å². The molecule has 0 bridgehead atoms. The number of anilines is 1. The number of esters is 1. The smallest absolute Gasteiger partial charge is 0.305 e. The Morgan fingerprint density at radius 2 is 1.83 bits per heavy atom. The number of hydrogen-bond donors (Lipinski definition) is 1. The van der Waals surface area contributed by atoms with Crippen molar-refractivity contribution < 1.29 is 23.5 Å². The van der Waals surface area contributed by atoms with E-state index in [2.05, 4.69) is 5.32 Å². The number of benzene rings is 2. The van der Waals surface area contributed by atoms with E-state index in [0.717, 1.165) is 10.3 Å². The first-order valence-electron chi connectivity index (χ1n) is 9.01. The number of aryl methyl sites for hydroxylation is 1. The number of furan rings is 1. The van der Waals surface area contributed by atoms with Gasteiger partial charge in [-0.25, -0.2) is 0 Å². The zero-order valence-corrected chi connectivity index (χ0v) is 17.2. The number of ether oxygens (including phenoxy) is 1. The summed E-state index contributed by atoms with van der Waals surface area (Å²) in [7, 11) is 1.33. The third-order valence-corrected chi connectivity index (χ3v) is 5.22. The zero-order valence-electron chi connectivity index (χ0n) is 16.4. The summed E-state index contributed by atoms with van der Waals surface area (Å²) in [4.78, 5) is 37.2. The van der Waals surface area contributed by atoms with Gasteiger partial charge in [-0.05, 0) is 49.1 Å². The molecular weight excluding hydrogens is 390 g/mol. The van der Waals surface area contributed by atoms with Crippen LogP contribution in [0, 0.1) is 0 Å². The Hall–Kier alpha value is -3.06. The molecule has 0 radical (unpaired) electrons. The highest BCUT2D eigenvalue weighted by molar-refractivity contribution is 7.98. The number of amides is 1. The Morgan fingerprint density at radius 3 is 2.45 bits per heavy atom. The van der Waals surface area contributed by atoms with Gasteiger partial charge in [-0.1, -0.05) is 0 Å². The molecule has 1 heterocycles. The molecule has 0 aliphatic carbocycles. The molecular formula is C22H21NO5S. The molecule has 3 rings (SSSR count). The molecule has 0 fully saturated rings. The van der Waals surface area contributed by atoms with Gasteiger partial charge in [0.15, 0.2) is 5.76 Å². The van der Waals surface area contributed by atoms with Crippen LogP contribution in [0.5, 0.6) is 0 Å². The van der Waals surface area contributed by atoms with Crippen LogP contribution in [0.2, 0.25) is 0 Å². The monoisotopic (exact) mass is 411 g/mol. The van der Waals surface area contributed by atoms with Crippen LogP contribution in [0.15, 0.2) is 51.8 Å². The Labute approximate surface area is 172 Å². The fraction of sp³-hybridized carbons (Fsp3) is 0.227. The Bertz CT molecular complexity index is 1070. The van der Waals surface area contributed by atoms with Crippen molar-refractivity contribution in [3.63, 3.8) is 0 Å². The summed E-state index contributed by atoms with van der Waals surface area (Å²) in [5.41, 5.74) is 2.20. The van der Waals surface area contributed by atoms with E-state index in [1.54, 1.807) is 42.1 Å². The van der Waals surface area contributed by atoms with E-state index in [-0.39, 0.29) is 29.8 Å². The molecule has 0 atom stereocenters. The van der Waals surface area contributed by atoms with Crippen LogP contribution in [0.4, 0.5) is 5.69 Å². The van der Waals surface area contributed by atoms with Crippen molar-refractivity contribution in [1.82, 2.24) is 0 Å². The molecule has 3 aromatic rings. The average Bonchev–Trinajstić information content (AvgIpc) is 3.08. The van der Waals surface area contributed by atoms with E-state index in [9.17, 15) is 14.4 Å². The largest absolute Gasteiger partial charge is 0.469 e. The molecule has 0 saturated heterocycles. The Kier molecular flexibility index (Phi) is 6.39. The maximum absolute atomic E-state index is 13.1. The summed E-state index contributed by atoms with van der Waals surface area (Å²) >= 11 is 1.59. The second-order valence-corrected chi connectivity index (χ2v) is 7.32. The van der Waals surface area contributed by atoms with Crippen molar-refractivity contribution >= 4 is 46.1 Å². The van der Waals surface area contributed by atoms with Gasteiger partial charge in [-0.2, -0.15) is 0 Å².